The van der Waals surface area contributed by atoms with Gasteiger partial charge in [0.25, 0.3) is 0 Å². The van der Waals surface area contributed by atoms with Gasteiger partial charge < -0.3 is 5.32 Å². The molecule has 16 heavy (non-hydrogen) atoms. The Kier molecular flexibility index (Phi) is 5.46. The normalized spacial score (nSPS) is 12.2. The minimum Gasteiger partial charge on any atom is -0.356 e. The fourth-order valence-corrected chi connectivity index (χ4v) is 1.96. The average Bonchev–Trinajstić information content (AvgIpc) is 2.24. The van der Waals surface area contributed by atoms with E-state index < -0.39 is 0 Å². The van der Waals surface area contributed by atoms with E-state index in [0.29, 0.717) is 5.92 Å². The maximum absolute atomic E-state index is 10.8. The summed E-state index contributed by atoms with van der Waals surface area (Å²) in [4.78, 5) is 14.9. The predicted octanol–water partition coefficient (Wildman–Crippen LogP) is 2.55. The topological polar surface area (TPSA) is 42.0 Å². The van der Waals surface area contributed by atoms with Gasteiger partial charge in [-0.1, -0.05) is 13.3 Å². The first-order valence-corrected chi connectivity index (χ1v) is 6.26. The highest BCUT2D eigenvalue weighted by Crippen LogP contribution is 2.14. The fraction of sp³-hybridized carbons (Fsp3) is 0.500. The Bertz CT molecular complexity index is 355. The summed E-state index contributed by atoms with van der Waals surface area (Å²) in [5, 5.41) is 2.87. The molecule has 1 amide bonds. The number of carbonyl (C=O) groups is 1. The number of nitrogens with one attached hydrogen (secondary N) is 1. The lowest BCUT2D eigenvalue weighted by Crippen LogP contribution is -2.27. The van der Waals surface area contributed by atoms with Crippen LogP contribution in [0.25, 0.3) is 0 Å². The molecule has 1 unspecified atom stereocenters. The summed E-state index contributed by atoms with van der Waals surface area (Å²) in [5.41, 5.74) is 1.25. The molecule has 0 aliphatic rings. The van der Waals surface area contributed by atoms with Crippen molar-refractivity contribution in [2.24, 2.45) is 5.92 Å². The molecule has 0 aliphatic heterocycles. The first-order valence-electron chi connectivity index (χ1n) is 5.46. The zero-order chi connectivity index (χ0) is 12.0. The number of aromatic nitrogens is 1. The van der Waals surface area contributed by atoms with Crippen LogP contribution in [0, 0.1) is 5.92 Å². The Balaban J connectivity index is 2.52. The zero-order valence-electron chi connectivity index (χ0n) is 9.66. The van der Waals surface area contributed by atoms with Gasteiger partial charge >= 0.3 is 0 Å². The molecule has 0 saturated heterocycles. The van der Waals surface area contributed by atoms with E-state index in [0.717, 1.165) is 24.0 Å². The number of pyridine rings is 1. The molecule has 0 aliphatic carbocycles. The van der Waals surface area contributed by atoms with Crippen LogP contribution in [0.15, 0.2) is 22.9 Å². The van der Waals surface area contributed by atoms with E-state index in [1.807, 2.05) is 12.1 Å². The molecule has 1 N–H and O–H groups in total. The molecule has 0 aromatic carbocycles. The first-order chi connectivity index (χ1) is 7.61. The summed E-state index contributed by atoms with van der Waals surface area (Å²) in [6, 6.07) is 4.04. The van der Waals surface area contributed by atoms with Gasteiger partial charge in [0.15, 0.2) is 0 Å². The van der Waals surface area contributed by atoms with Crippen LogP contribution < -0.4 is 5.32 Å². The number of carbonyl (C=O) groups excluding carboxylic acids is 1. The van der Waals surface area contributed by atoms with Crippen molar-refractivity contribution in [1.29, 1.82) is 0 Å². The second-order valence-electron chi connectivity index (χ2n) is 3.90. The van der Waals surface area contributed by atoms with Crippen LogP contribution in [0.3, 0.4) is 0 Å². The van der Waals surface area contributed by atoms with E-state index in [2.05, 4.69) is 33.2 Å². The Labute approximate surface area is 105 Å². The van der Waals surface area contributed by atoms with Crippen LogP contribution in [0.4, 0.5) is 0 Å². The molecule has 1 rings (SSSR count). The molecule has 0 saturated carbocycles. The maximum Gasteiger partial charge on any atom is 0.216 e. The van der Waals surface area contributed by atoms with Gasteiger partial charge in [0.05, 0.1) is 0 Å². The summed E-state index contributed by atoms with van der Waals surface area (Å²) < 4.78 is 0.861. The summed E-state index contributed by atoms with van der Waals surface area (Å²) in [7, 11) is 0. The third kappa shape index (κ3) is 4.75. The largest absolute Gasteiger partial charge is 0.356 e. The Morgan fingerprint density at radius 3 is 2.94 bits per heavy atom. The molecular weight excluding hydrogens is 268 g/mol. The third-order valence-electron chi connectivity index (χ3n) is 2.53. The van der Waals surface area contributed by atoms with Crippen molar-refractivity contribution in [2.45, 2.75) is 26.7 Å². The average molecular weight is 285 g/mol. The van der Waals surface area contributed by atoms with E-state index in [4.69, 9.17) is 0 Å². The summed E-state index contributed by atoms with van der Waals surface area (Å²) >= 11 is 3.36. The third-order valence-corrected chi connectivity index (χ3v) is 2.97. The van der Waals surface area contributed by atoms with Gasteiger partial charge in [-0.2, -0.15) is 0 Å². The van der Waals surface area contributed by atoms with Crippen LogP contribution in [0.5, 0.6) is 0 Å². The second-order valence-corrected chi connectivity index (χ2v) is 4.71. The SMILES string of the molecule is CCC(CNC(C)=O)Cc1ccnc(Br)c1. The van der Waals surface area contributed by atoms with Crippen molar-refractivity contribution in [1.82, 2.24) is 10.3 Å². The standard InChI is InChI=1S/C12H17BrN2O/c1-3-10(8-15-9(2)16)6-11-4-5-14-12(13)7-11/h4-5,7,10H,3,6,8H2,1-2H3,(H,15,16). The highest BCUT2D eigenvalue weighted by molar-refractivity contribution is 9.10. The van der Waals surface area contributed by atoms with Crippen LogP contribution in [-0.2, 0) is 11.2 Å². The molecule has 1 aromatic heterocycles. The van der Waals surface area contributed by atoms with Crippen molar-refractivity contribution in [3.8, 4) is 0 Å². The fourth-order valence-electron chi connectivity index (χ4n) is 1.55. The number of rotatable bonds is 5. The predicted molar refractivity (Wildman–Crippen MR) is 68.1 cm³/mol. The van der Waals surface area contributed by atoms with Crippen molar-refractivity contribution in [2.75, 3.05) is 6.54 Å². The number of hydrogen-bond donors (Lipinski definition) is 1. The van der Waals surface area contributed by atoms with Crippen LogP contribution >= 0.6 is 15.9 Å². The Morgan fingerprint density at radius 2 is 2.38 bits per heavy atom. The summed E-state index contributed by atoms with van der Waals surface area (Å²) in [5.74, 6) is 0.521. The maximum atomic E-state index is 10.8. The molecule has 4 heteroatoms. The molecule has 3 nitrogen and oxygen atoms in total. The van der Waals surface area contributed by atoms with Crippen molar-refractivity contribution in [3.63, 3.8) is 0 Å². The zero-order valence-corrected chi connectivity index (χ0v) is 11.3. The monoisotopic (exact) mass is 284 g/mol. The van der Waals surface area contributed by atoms with Crippen LogP contribution in [0.2, 0.25) is 0 Å². The molecule has 88 valence electrons. The van der Waals surface area contributed by atoms with Gasteiger partial charge in [0.1, 0.15) is 4.60 Å². The molecule has 1 atom stereocenters. The number of halogens is 1. The van der Waals surface area contributed by atoms with Crippen LogP contribution in [0.1, 0.15) is 25.8 Å². The van der Waals surface area contributed by atoms with Crippen LogP contribution in [-0.4, -0.2) is 17.4 Å². The van der Waals surface area contributed by atoms with E-state index in [1.165, 1.54) is 5.56 Å². The quantitative estimate of drug-likeness (QED) is 0.845. The van der Waals surface area contributed by atoms with Crippen molar-refractivity contribution < 1.29 is 4.79 Å². The van der Waals surface area contributed by atoms with E-state index >= 15 is 0 Å². The van der Waals surface area contributed by atoms with Crippen molar-refractivity contribution in [3.05, 3.63) is 28.5 Å². The molecule has 0 spiro atoms. The lowest BCUT2D eigenvalue weighted by atomic mass is 9.97. The van der Waals surface area contributed by atoms with Gasteiger partial charge in [-0.05, 0) is 46.0 Å². The number of amides is 1. The molecule has 0 radical (unpaired) electrons. The highest BCUT2D eigenvalue weighted by Gasteiger charge is 2.08. The molecule has 1 heterocycles. The summed E-state index contributed by atoms with van der Waals surface area (Å²) in [6.45, 7) is 4.43. The lowest BCUT2D eigenvalue weighted by molar-refractivity contribution is -0.119. The highest BCUT2D eigenvalue weighted by atomic mass is 79.9. The number of nitrogens with zero attached hydrogens (tertiary/aromatic N) is 1. The molecular formula is C12H17BrN2O. The minimum absolute atomic E-state index is 0.0364. The van der Waals surface area contributed by atoms with Gasteiger partial charge in [-0.3, -0.25) is 4.79 Å². The molecule has 0 fully saturated rings. The molecule has 1 aromatic rings. The Morgan fingerprint density at radius 1 is 1.62 bits per heavy atom. The number of hydrogen-bond acceptors (Lipinski definition) is 2. The van der Waals surface area contributed by atoms with E-state index in [9.17, 15) is 4.79 Å². The van der Waals surface area contributed by atoms with Crippen molar-refractivity contribution >= 4 is 21.8 Å². The molecule has 0 bridgehead atoms. The van der Waals surface area contributed by atoms with Gasteiger partial charge in [-0.15, -0.1) is 0 Å². The summed E-state index contributed by atoms with van der Waals surface area (Å²) in [6.07, 6.45) is 3.82. The van der Waals surface area contributed by atoms with Gasteiger partial charge in [-0.25, -0.2) is 4.98 Å². The Hall–Kier alpha value is -0.900. The minimum atomic E-state index is 0.0364. The van der Waals surface area contributed by atoms with E-state index in [-0.39, 0.29) is 5.91 Å². The van der Waals surface area contributed by atoms with Gasteiger partial charge in [0, 0.05) is 19.7 Å². The van der Waals surface area contributed by atoms with E-state index in [1.54, 1.807) is 13.1 Å². The second kappa shape index (κ2) is 6.63. The first kappa shape index (κ1) is 13.2. The lowest BCUT2D eigenvalue weighted by Gasteiger charge is -2.15. The van der Waals surface area contributed by atoms with Gasteiger partial charge in [0.2, 0.25) is 5.91 Å². The smallest absolute Gasteiger partial charge is 0.216 e.